The van der Waals surface area contributed by atoms with Gasteiger partial charge in [-0.05, 0) is 35.7 Å². The van der Waals surface area contributed by atoms with E-state index in [4.69, 9.17) is 0 Å². The van der Waals surface area contributed by atoms with Crippen molar-refractivity contribution in [2.45, 2.75) is 19.9 Å². The Morgan fingerprint density at radius 1 is 0.885 bits per heavy atom. The molecule has 1 N–H and O–H groups in total. The number of nitrogens with one attached hydrogen (secondary N) is 1. The fraction of sp³-hybridized carbons (Fsp3) is 0.174. The summed E-state index contributed by atoms with van der Waals surface area (Å²) in [4.78, 5) is 12.3. The van der Waals surface area contributed by atoms with Gasteiger partial charge in [-0.25, -0.2) is 0 Å². The summed E-state index contributed by atoms with van der Waals surface area (Å²) < 4.78 is 2.21. The lowest BCUT2D eigenvalue weighted by molar-refractivity contribution is -0.120. The zero-order valence-corrected chi connectivity index (χ0v) is 15.1. The van der Waals surface area contributed by atoms with Gasteiger partial charge in [0.2, 0.25) is 5.91 Å². The van der Waals surface area contributed by atoms with E-state index in [9.17, 15) is 4.79 Å². The Labute approximate surface area is 153 Å². The number of amides is 1. The number of benzene rings is 3. The Kier molecular flexibility index (Phi) is 4.21. The predicted octanol–water partition coefficient (Wildman–Crippen LogP) is 4.50. The maximum absolute atomic E-state index is 12.3. The van der Waals surface area contributed by atoms with Gasteiger partial charge in [0.25, 0.3) is 0 Å². The van der Waals surface area contributed by atoms with E-state index >= 15 is 0 Å². The third-order valence-electron chi connectivity index (χ3n) is 4.93. The number of nitrogens with zero attached hydrogens (tertiary/aromatic N) is 1. The smallest absolute Gasteiger partial charge is 0.224 e. The second kappa shape index (κ2) is 6.68. The number of rotatable bonds is 4. The van der Waals surface area contributed by atoms with Crippen molar-refractivity contribution in [1.82, 2.24) is 9.88 Å². The van der Waals surface area contributed by atoms with Crippen LogP contribution in [0.3, 0.4) is 0 Å². The summed E-state index contributed by atoms with van der Waals surface area (Å²) >= 11 is 0. The van der Waals surface area contributed by atoms with E-state index in [0.29, 0.717) is 13.0 Å². The van der Waals surface area contributed by atoms with Gasteiger partial charge in [-0.15, -0.1) is 0 Å². The molecule has 1 heterocycles. The van der Waals surface area contributed by atoms with Crippen LogP contribution >= 0.6 is 0 Å². The molecule has 3 heteroatoms. The van der Waals surface area contributed by atoms with Gasteiger partial charge in [0, 0.05) is 35.4 Å². The zero-order valence-electron chi connectivity index (χ0n) is 15.1. The van der Waals surface area contributed by atoms with E-state index in [1.54, 1.807) is 0 Å². The molecule has 0 bridgehead atoms. The van der Waals surface area contributed by atoms with Crippen molar-refractivity contribution in [3.8, 4) is 0 Å². The van der Waals surface area contributed by atoms with Crippen molar-refractivity contribution in [3.63, 3.8) is 0 Å². The first-order valence-electron chi connectivity index (χ1n) is 8.90. The highest BCUT2D eigenvalue weighted by Gasteiger charge is 2.10. The SMILES string of the molecule is Cc1ccc2c3ccc(CC(=O)NCc4ccccc4)cc3n(C)c2c1. The van der Waals surface area contributed by atoms with Gasteiger partial charge in [-0.2, -0.15) is 0 Å². The molecule has 1 amide bonds. The molecule has 0 aliphatic rings. The van der Waals surface area contributed by atoms with Crippen molar-refractivity contribution in [2.75, 3.05) is 0 Å². The number of hydrogen-bond acceptors (Lipinski definition) is 1. The molecule has 3 aromatic carbocycles. The molecule has 0 aliphatic heterocycles. The van der Waals surface area contributed by atoms with Gasteiger partial charge in [0.15, 0.2) is 0 Å². The molecular formula is C23H22N2O. The lowest BCUT2D eigenvalue weighted by Gasteiger charge is -2.06. The van der Waals surface area contributed by atoms with Crippen LogP contribution in [0.5, 0.6) is 0 Å². The quantitative estimate of drug-likeness (QED) is 0.582. The number of hydrogen-bond donors (Lipinski definition) is 1. The lowest BCUT2D eigenvalue weighted by Crippen LogP contribution is -2.24. The van der Waals surface area contributed by atoms with E-state index in [2.05, 4.69) is 60.3 Å². The summed E-state index contributed by atoms with van der Waals surface area (Å²) in [5, 5.41) is 5.49. The van der Waals surface area contributed by atoms with Crippen molar-refractivity contribution < 1.29 is 4.79 Å². The van der Waals surface area contributed by atoms with Crippen LogP contribution in [-0.2, 0) is 24.8 Å². The van der Waals surface area contributed by atoms with E-state index in [0.717, 1.165) is 11.1 Å². The first-order valence-corrected chi connectivity index (χ1v) is 8.90. The normalized spacial score (nSPS) is 11.2. The third kappa shape index (κ3) is 3.08. The molecule has 0 saturated carbocycles. The lowest BCUT2D eigenvalue weighted by atomic mass is 10.1. The van der Waals surface area contributed by atoms with Crippen LogP contribution in [0.4, 0.5) is 0 Å². The molecule has 26 heavy (non-hydrogen) atoms. The minimum Gasteiger partial charge on any atom is -0.352 e. The van der Waals surface area contributed by atoms with Crippen molar-refractivity contribution in [1.29, 1.82) is 0 Å². The second-order valence-corrected chi connectivity index (χ2v) is 6.87. The van der Waals surface area contributed by atoms with Gasteiger partial charge in [-0.3, -0.25) is 4.79 Å². The Hall–Kier alpha value is -3.07. The van der Waals surface area contributed by atoms with Gasteiger partial charge in [-0.1, -0.05) is 54.6 Å². The van der Waals surface area contributed by atoms with E-state index in [-0.39, 0.29) is 5.91 Å². The number of aromatic nitrogens is 1. The molecule has 0 spiro atoms. The molecule has 3 nitrogen and oxygen atoms in total. The molecule has 0 unspecified atom stereocenters. The van der Waals surface area contributed by atoms with Crippen LogP contribution in [0.25, 0.3) is 21.8 Å². The maximum Gasteiger partial charge on any atom is 0.224 e. The Morgan fingerprint density at radius 3 is 2.35 bits per heavy atom. The summed E-state index contributed by atoms with van der Waals surface area (Å²) in [6, 6.07) is 22.8. The molecular weight excluding hydrogens is 320 g/mol. The Bertz CT molecular complexity index is 1090. The number of fused-ring (bicyclic) bond motifs is 3. The molecule has 0 aliphatic carbocycles. The average Bonchev–Trinajstić information content (AvgIpc) is 2.92. The van der Waals surface area contributed by atoms with E-state index in [1.165, 1.54) is 27.4 Å². The minimum atomic E-state index is 0.0443. The molecule has 0 radical (unpaired) electrons. The van der Waals surface area contributed by atoms with Crippen LogP contribution in [0.2, 0.25) is 0 Å². The monoisotopic (exact) mass is 342 g/mol. The first kappa shape index (κ1) is 16.4. The van der Waals surface area contributed by atoms with Gasteiger partial charge < -0.3 is 9.88 Å². The van der Waals surface area contributed by atoms with Gasteiger partial charge in [0.05, 0.1) is 6.42 Å². The molecule has 4 aromatic rings. The Balaban J connectivity index is 1.56. The van der Waals surface area contributed by atoms with E-state index in [1.807, 2.05) is 30.3 Å². The molecule has 0 atom stereocenters. The molecule has 130 valence electrons. The van der Waals surface area contributed by atoms with Crippen LogP contribution in [-0.4, -0.2) is 10.5 Å². The summed E-state index contributed by atoms with van der Waals surface area (Å²) in [6.45, 7) is 2.68. The molecule has 0 saturated heterocycles. The summed E-state index contributed by atoms with van der Waals surface area (Å²) in [6.07, 6.45) is 0.392. The number of aryl methyl sites for hydroxylation is 2. The highest BCUT2D eigenvalue weighted by Crippen LogP contribution is 2.29. The number of carbonyl (C=O) groups is 1. The summed E-state index contributed by atoms with van der Waals surface area (Å²) in [7, 11) is 2.09. The molecule has 0 fully saturated rings. The van der Waals surface area contributed by atoms with Crippen molar-refractivity contribution in [2.24, 2.45) is 7.05 Å². The minimum absolute atomic E-state index is 0.0443. The standard InChI is InChI=1S/C23H22N2O/c1-16-8-10-19-20-11-9-18(13-22(20)25(2)21(19)12-16)14-23(26)24-15-17-6-4-3-5-7-17/h3-13H,14-15H2,1-2H3,(H,24,26). The average molecular weight is 342 g/mol. The van der Waals surface area contributed by atoms with E-state index < -0.39 is 0 Å². The van der Waals surface area contributed by atoms with Crippen LogP contribution in [0.1, 0.15) is 16.7 Å². The highest BCUT2D eigenvalue weighted by atomic mass is 16.1. The van der Waals surface area contributed by atoms with Crippen molar-refractivity contribution >= 4 is 27.7 Å². The maximum atomic E-state index is 12.3. The first-order chi connectivity index (χ1) is 12.6. The largest absolute Gasteiger partial charge is 0.352 e. The highest BCUT2D eigenvalue weighted by molar-refractivity contribution is 6.08. The molecule has 4 rings (SSSR count). The van der Waals surface area contributed by atoms with Gasteiger partial charge >= 0.3 is 0 Å². The summed E-state index contributed by atoms with van der Waals surface area (Å²) in [5.41, 5.74) is 5.79. The predicted molar refractivity (Wildman–Crippen MR) is 107 cm³/mol. The fourth-order valence-electron chi connectivity index (χ4n) is 3.51. The number of carbonyl (C=O) groups excluding carboxylic acids is 1. The Morgan fingerprint density at radius 2 is 1.58 bits per heavy atom. The zero-order chi connectivity index (χ0) is 18.1. The van der Waals surface area contributed by atoms with Crippen molar-refractivity contribution in [3.05, 3.63) is 83.4 Å². The van der Waals surface area contributed by atoms with Crippen LogP contribution in [0, 0.1) is 6.92 Å². The van der Waals surface area contributed by atoms with Gasteiger partial charge in [0.1, 0.15) is 0 Å². The second-order valence-electron chi connectivity index (χ2n) is 6.87. The fourth-order valence-corrected chi connectivity index (χ4v) is 3.51. The third-order valence-corrected chi connectivity index (χ3v) is 4.93. The summed E-state index contributed by atoms with van der Waals surface area (Å²) in [5.74, 6) is 0.0443. The van der Waals surface area contributed by atoms with Crippen LogP contribution < -0.4 is 5.32 Å². The molecule has 1 aromatic heterocycles. The van der Waals surface area contributed by atoms with Crippen LogP contribution in [0.15, 0.2) is 66.7 Å². The topological polar surface area (TPSA) is 34.0 Å².